The topological polar surface area (TPSA) is 64.0 Å². The number of thiophene rings is 1. The minimum atomic E-state index is -0.191. The molecule has 0 unspecified atom stereocenters. The number of carbonyl (C=O) groups excluding carboxylic acids is 1. The molecular formula is C14H13N3O2S2. The second-order valence-electron chi connectivity index (χ2n) is 4.01. The molecule has 2 aromatic rings. The third-order valence-corrected chi connectivity index (χ3v) is 4.36. The van der Waals surface area contributed by atoms with Gasteiger partial charge in [0, 0.05) is 6.54 Å². The van der Waals surface area contributed by atoms with Crippen molar-refractivity contribution in [3.05, 3.63) is 34.5 Å². The minimum Gasteiger partial charge on any atom is -0.344 e. The maximum Gasteiger partial charge on any atom is 0.263 e. The van der Waals surface area contributed by atoms with Crippen LogP contribution in [-0.4, -0.2) is 27.8 Å². The predicted octanol–water partition coefficient (Wildman–Crippen LogP) is 1.49. The summed E-state index contributed by atoms with van der Waals surface area (Å²) in [4.78, 5) is 29.1. The lowest BCUT2D eigenvalue weighted by molar-refractivity contribution is -0.118. The zero-order valence-corrected chi connectivity index (χ0v) is 12.8. The Hall–Kier alpha value is -2.04. The number of fused-ring (bicyclic) bond motifs is 1. The summed E-state index contributed by atoms with van der Waals surface area (Å²) in [6.45, 7) is 4.19. The van der Waals surface area contributed by atoms with E-state index in [4.69, 9.17) is 6.42 Å². The quantitative estimate of drug-likeness (QED) is 0.379. The first kappa shape index (κ1) is 15.4. The number of hydrogen-bond donors (Lipinski definition) is 1. The SMILES string of the molecule is C#CCNC(=O)CSc1nc2sccc2c(=O)n1CC=C. The van der Waals surface area contributed by atoms with Crippen molar-refractivity contribution in [2.45, 2.75) is 11.7 Å². The highest BCUT2D eigenvalue weighted by molar-refractivity contribution is 7.99. The lowest BCUT2D eigenvalue weighted by Gasteiger charge is -2.09. The molecule has 1 N–H and O–H groups in total. The van der Waals surface area contributed by atoms with E-state index in [0.29, 0.717) is 21.9 Å². The van der Waals surface area contributed by atoms with Gasteiger partial charge in [0.25, 0.3) is 5.56 Å². The van der Waals surface area contributed by atoms with Crippen LogP contribution in [0.15, 0.2) is 34.1 Å². The molecule has 0 saturated heterocycles. The third kappa shape index (κ3) is 3.54. The highest BCUT2D eigenvalue weighted by Crippen LogP contribution is 2.21. The average molecular weight is 319 g/mol. The van der Waals surface area contributed by atoms with E-state index in [1.807, 2.05) is 5.38 Å². The molecule has 2 rings (SSSR count). The van der Waals surface area contributed by atoms with Gasteiger partial charge in [-0.15, -0.1) is 24.3 Å². The van der Waals surface area contributed by atoms with E-state index in [-0.39, 0.29) is 23.8 Å². The zero-order chi connectivity index (χ0) is 15.2. The fourth-order valence-corrected chi connectivity index (χ4v) is 3.30. The molecule has 0 radical (unpaired) electrons. The number of nitrogens with zero attached hydrogens (tertiary/aromatic N) is 2. The largest absolute Gasteiger partial charge is 0.344 e. The van der Waals surface area contributed by atoms with Crippen molar-refractivity contribution in [2.24, 2.45) is 0 Å². The Kier molecular flexibility index (Phi) is 5.20. The van der Waals surface area contributed by atoms with E-state index in [0.717, 1.165) is 0 Å². The fourth-order valence-electron chi connectivity index (χ4n) is 1.66. The van der Waals surface area contributed by atoms with E-state index < -0.39 is 0 Å². The summed E-state index contributed by atoms with van der Waals surface area (Å²) < 4.78 is 1.52. The molecule has 5 nitrogen and oxygen atoms in total. The van der Waals surface area contributed by atoms with Gasteiger partial charge in [0.15, 0.2) is 5.16 Å². The van der Waals surface area contributed by atoms with Gasteiger partial charge >= 0.3 is 0 Å². The van der Waals surface area contributed by atoms with E-state index in [2.05, 4.69) is 22.8 Å². The molecule has 2 aromatic heterocycles. The van der Waals surface area contributed by atoms with Crippen molar-refractivity contribution >= 4 is 39.2 Å². The van der Waals surface area contributed by atoms with Crippen molar-refractivity contribution in [1.29, 1.82) is 0 Å². The number of nitrogens with one attached hydrogen (secondary N) is 1. The molecule has 0 aromatic carbocycles. The van der Waals surface area contributed by atoms with Crippen molar-refractivity contribution in [1.82, 2.24) is 14.9 Å². The molecule has 1 amide bonds. The van der Waals surface area contributed by atoms with Gasteiger partial charge in [-0.05, 0) is 11.4 Å². The van der Waals surface area contributed by atoms with Crippen LogP contribution in [0.25, 0.3) is 10.2 Å². The van der Waals surface area contributed by atoms with Crippen LogP contribution in [0.2, 0.25) is 0 Å². The lowest BCUT2D eigenvalue weighted by Crippen LogP contribution is -2.26. The van der Waals surface area contributed by atoms with Gasteiger partial charge < -0.3 is 5.32 Å². The number of aromatic nitrogens is 2. The van der Waals surface area contributed by atoms with Crippen LogP contribution in [0, 0.1) is 12.3 Å². The molecular weight excluding hydrogens is 306 g/mol. The third-order valence-electron chi connectivity index (χ3n) is 2.58. The summed E-state index contributed by atoms with van der Waals surface area (Å²) in [5, 5.41) is 5.49. The van der Waals surface area contributed by atoms with Crippen LogP contribution >= 0.6 is 23.1 Å². The number of rotatable bonds is 6. The summed E-state index contributed by atoms with van der Waals surface area (Å²) in [7, 11) is 0. The zero-order valence-electron chi connectivity index (χ0n) is 11.2. The van der Waals surface area contributed by atoms with Crippen molar-refractivity contribution < 1.29 is 4.79 Å². The van der Waals surface area contributed by atoms with Gasteiger partial charge in [-0.1, -0.05) is 23.8 Å². The standard InChI is InChI=1S/C14H13N3O2S2/c1-3-6-15-11(18)9-21-14-16-12-10(5-8-20-12)13(19)17(14)7-4-2/h1,4-5,8H,2,6-7,9H2,(H,15,18). The second-order valence-corrected chi connectivity index (χ2v) is 5.84. The number of amides is 1. The molecule has 0 spiro atoms. The Morgan fingerprint density at radius 1 is 1.67 bits per heavy atom. The first-order chi connectivity index (χ1) is 10.2. The minimum absolute atomic E-state index is 0.118. The maximum atomic E-state index is 12.4. The van der Waals surface area contributed by atoms with Crippen molar-refractivity contribution in [2.75, 3.05) is 12.3 Å². The molecule has 0 aliphatic carbocycles. The fraction of sp³-hybridized carbons (Fsp3) is 0.214. The van der Waals surface area contributed by atoms with Crippen LogP contribution in [0.3, 0.4) is 0 Å². The van der Waals surface area contributed by atoms with Crippen molar-refractivity contribution in [3.8, 4) is 12.3 Å². The van der Waals surface area contributed by atoms with Crippen LogP contribution in [0.4, 0.5) is 0 Å². The normalized spacial score (nSPS) is 10.2. The molecule has 108 valence electrons. The summed E-state index contributed by atoms with van der Waals surface area (Å²) in [5.41, 5.74) is -0.118. The Morgan fingerprint density at radius 3 is 3.19 bits per heavy atom. The number of hydrogen-bond acceptors (Lipinski definition) is 5. The average Bonchev–Trinajstić information content (AvgIpc) is 2.95. The predicted molar refractivity (Wildman–Crippen MR) is 86.6 cm³/mol. The van der Waals surface area contributed by atoms with Crippen LogP contribution in [0.1, 0.15) is 0 Å². The van der Waals surface area contributed by atoms with E-state index in [1.54, 1.807) is 12.1 Å². The molecule has 0 aliphatic rings. The molecule has 2 heterocycles. The van der Waals surface area contributed by atoms with Gasteiger partial charge in [0.1, 0.15) is 4.83 Å². The molecule has 0 bridgehead atoms. The lowest BCUT2D eigenvalue weighted by atomic mass is 10.4. The smallest absolute Gasteiger partial charge is 0.263 e. The first-order valence-electron chi connectivity index (χ1n) is 6.09. The Bertz CT molecular complexity index is 771. The highest BCUT2D eigenvalue weighted by atomic mass is 32.2. The Balaban J connectivity index is 2.27. The van der Waals surface area contributed by atoms with Gasteiger partial charge in [-0.2, -0.15) is 0 Å². The Labute approximate surface area is 130 Å². The first-order valence-corrected chi connectivity index (χ1v) is 7.95. The van der Waals surface area contributed by atoms with Crippen molar-refractivity contribution in [3.63, 3.8) is 0 Å². The van der Waals surface area contributed by atoms with E-state index in [9.17, 15) is 9.59 Å². The van der Waals surface area contributed by atoms with E-state index >= 15 is 0 Å². The summed E-state index contributed by atoms with van der Waals surface area (Å²) in [6, 6.07) is 1.75. The van der Waals surface area contributed by atoms with Gasteiger partial charge in [0.05, 0.1) is 17.7 Å². The van der Waals surface area contributed by atoms with Crippen LogP contribution < -0.4 is 10.9 Å². The molecule has 7 heteroatoms. The number of thioether (sulfide) groups is 1. The summed E-state index contributed by atoms with van der Waals surface area (Å²) >= 11 is 2.61. The van der Waals surface area contributed by atoms with Gasteiger partial charge in [-0.25, -0.2) is 4.98 Å². The molecule has 0 atom stereocenters. The molecule has 0 fully saturated rings. The maximum absolute atomic E-state index is 12.4. The summed E-state index contributed by atoms with van der Waals surface area (Å²) in [5.74, 6) is 2.30. The second kappa shape index (κ2) is 7.11. The highest BCUT2D eigenvalue weighted by Gasteiger charge is 2.13. The monoisotopic (exact) mass is 319 g/mol. The Morgan fingerprint density at radius 2 is 2.48 bits per heavy atom. The van der Waals surface area contributed by atoms with Crippen LogP contribution in [-0.2, 0) is 11.3 Å². The number of carbonyl (C=O) groups is 1. The van der Waals surface area contributed by atoms with Gasteiger partial charge in [0.2, 0.25) is 5.91 Å². The number of allylic oxidation sites excluding steroid dienone is 1. The molecule has 0 aliphatic heterocycles. The molecule has 0 saturated carbocycles. The number of terminal acetylenes is 1. The molecule has 21 heavy (non-hydrogen) atoms. The summed E-state index contributed by atoms with van der Waals surface area (Å²) in [6.07, 6.45) is 6.71. The van der Waals surface area contributed by atoms with E-state index in [1.165, 1.54) is 27.7 Å². The van der Waals surface area contributed by atoms with Crippen LogP contribution in [0.5, 0.6) is 0 Å². The van der Waals surface area contributed by atoms with Gasteiger partial charge in [-0.3, -0.25) is 14.2 Å².